The molecule has 51 heavy (non-hydrogen) atoms. The smallest absolute Gasteiger partial charge is 0.0561 e. The molecule has 0 radical (unpaired) electrons. The molecule has 1 aliphatic carbocycles. The molecule has 1 nitrogen and oxygen atoms in total. The second-order valence-corrected chi connectivity index (χ2v) is 15.2. The van der Waals surface area contributed by atoms with Gasteiger partial charge in [0, 0.05) is 42.3 Å². The molecular weight excluding hydrogens is 635 g/mol. The van der Waals surface area contributed by atoms with Crippen molar-refractivity contribution >= 4 is 59.3 Å². The highest BCUT2D eigenvalue weighted by atomic mass is 32.1. The van der Waals surface area contributed by atoms with E-state index >= 15 is 0 Å². The van der Waals surface area contributed by atoms with Crippen molar-refractivity contribution in [1.29, 1.82) is 0 Å². The molecule has 1 aliphatic rings. The summed E-state index contributed by atoms with van der Waals surface area (Å²) in [7, 11) is 0. The van der Waals surface area contributed by atoms with Gasteiger partial charge in [0.1, 0.15) is 0 Å². The van der Waals surface area contributed by atoms with Gasteiger partial charge in [-0.05, 0) is 86.3 Å². The fourth-order valence-electron chi connectivity index (χ4n) is 8.37. The molecule has 10 rings (SSSR count). The Morgan fingerprint density at radius 1 is 0.451 bits per heavy atom. The Hall–Kier alpha value is -5.96. The summed E-state index contributed by atoms with van der Waals surface area (Å²) in [5.74, 6) is 0. The highest BCUT2D eigenvalue weighted by molar-refractivity contribution is 7.27. The fourth-order valence-corrected chi connectivity index (χ4v) is 9.66. The summed E-state index contributed by atoms with van der Waals surface area (Å²) < 4.78 is 2.62. The Morgan fingerprint density at radius 2 is 1.08 bits per heavy atom. The predicted molar refractivity (Wildman–Crippen MR) is 220 cm³/mol. The first-order valence-corrected chi connectivity index (χ1v) is 18.5. The van der Waals surface area contributed by atoms with Crippen LogP contribution in [0.5, 0.6) is 0 Å². The Kier molecular flexibility index (Phi) is 6.78. The van der Waals surface area contributed by atoms with Crippen molar-refractivity contribution in [1.82, 2.24) is 0 Å². The third kappa shape index (κ3) is 4.67. The normalized spacial score (nSPS) is 13.1. The Morgan fingerprint density at radius 3 is 1.88 bits per heavy atom. The van der Waals surface area contributed by atoms with Gasteiger partial charge < -0.3 is 4.90 Å². The zero-order chi connectivity index (χ0) is 34.1. The van der Waals surface area contributed by atoms with Crippen LogP contribution in [0, 0.1) is 0 Å². The Labute approximate surface area is 302 Å². The zero-order valence-electron chi connectivity index (χ0n) is 28.6. The van der Waals surface area contributed by atoms with E-state index in [0.29, 0.717) is 0 Å². The maximum Gasteiger partial charge on any atom is 0.0561 e. The van der Waals surface area contributed by atoms with Gasteiger partial charge in [-0.15, -0.1) is 11.3 Å². The molecule has 0 bridgehead atoms. The van der Waals surface area contributed by atoms with Crippen LogP contribution in [-0.4, -0.2) is 0 Å². The number of hydrogen-bond donors (Lipinski definition) is 0. The van der Waals surface area contributed by atoms with Crippen LogP contribution in [0.2, 0.25) is 0 Å². The number of thiophene rings is 1. The molecule has 1 heterocycles. The van der Waals surface area contributed by atoms with Gasteiger partial charge in [0.05, 0.1) is 5.69 Å². The molecule has 0 spiro atoms. The number of nitrogens with zero attached hydrogens (tertiary/aromatic N) is 1. The van der Waals surface area contributed by atoms with Gasteiger partial charge in [-0.3, -0.25) is 0 Å². The average Bonchev–Trinajstić information content (AvgIpc) is 3.68. The molecule has 0 saturated heterocycles. The third-order valence-electron chi connectivity index (χ3n) is 10.9. The van der Waals surface area contributed by atoms with E-state index in [1.54, 1.807) is 0 Å². The quantitative estimate of drug-likeness (QED) is 0.176. The van der Waals surface area contributed by atoms with E-state index in [0.717, 1.165) is 11.4 Å². The predicted octanol–water partition coefficient (Wildman–Crippen LogP) is 14.3. The molecule has 8 aromatic carbocycles. The average molecular weight is 670 g/mol. The van der Waals surface area contributed by atoms with Crippen LogP contribution < -0.4 is 4.90 Å². The number of fused-ring (bicyclic) bond motifs is 8. The van der Waals surface area contributed by atoms with Crippen molar-refractivity contribution in [3.8, 4) is 33.4 Å². The molecule has 0 saturated carbocycles. The van der Waals surface area contributed by atoms with Crippen molar-refractivity contribution in [2.75, 3.05) is 4.90 Å². The molecule has 0 unspecified atom stereocenters. The lowest BCUT2D eigenvalue weighted by molar-refractivity contribution is 0.660. The summed E-state index contributed by atoms with van der Waals surface area (Å²) >= 11 is 1.91. The summed E-state index contributed by atoms with van der Waals surface area (Å²) in [6.07, 6.45) is 0. The van der Waals surface area contributed by atoms with E-state index in [4.69, 9.17) is 0 Å². The minimum Gasteiger partial charge on any atom is -0.310 e. The summed E-state index contributed by atoms with van der Waals surface area (Å²) in [4.78, 5) is 2.50. The van der Waals surface area contributed by atoms with Crippen molar-refractivity contribution in [2.24, 2.45) is 0 Å². The molecule has 2 heteroatoms. The lowest BCUT2D eigenvalue weighted by Gasteiger charge is -2.29. The number of benzene rings is 8. The number of hydrogen-bond acceptors (Lipinski definition) is 2. The number of anilines is 3. The summed E-state index contributed by atoms with van der Waals surface area (Å²) in [6.45, 7) is 4.73. The third-order valence-corrected chi connectivity index (χ3v) is 12.0. The first-order valence-electron chi connectivity index (χ1n) is 17.7. The van der Waals surface area contributed by atoms with E-state index in [1.807, 2.05) is 11.3 Å². The second-order valence-electron chi connectivity index (χ2n) is 14.1. The minimum absolute atomic E-state index is 0.108. The molecule has 242 valence electrons. The largest absolute Gasteiger partial charge is 0.310 e. The fraction of sp³-hybridized carbons (Fsp3) is 0.0612. The van der Waals surface area contributed by atoms with Crippen molar-refractivity contribution in [2.45, 2.75) is 19.3 Å². The van der Waals surface area contributed by atoms with Crippen LogP contribution in [0.15, 0.2) is 176 Å². The lowest BCUT2D eigenvalue weighted by atomic mass is 9.82. The molecule has 0 fully saturated rings. The SMILES string of the molecule is CC1(C)c2ccccc2-c2ccc(N(c3ccc(-c4ccccc4)cc3)c3cc4cccc(-c5ccccc5)c4c4sc5ccccc5c34)cc21. The molecule has 1 aromatic heterocycles. The van der Waals surface area contributed by atoms with E-state index in [9.17, 15) is 0 Å². The second kappa shape index (κ2) is 11.6. The molecule has 9 aromatic rings. The Bertz CT molecular complexity index is 2760. The summed E-state index contributed by atoms with van der Waals surface area (Å²) in [5.41, 5.74) is 13.8. The van der Waals surface area contributed by atoms with Crippen molar-refractivity contribution in [3.05, 3.63) is 187 Å². The minimum atomic E-state index is -0.108. The van der Waals surface area contributed by atoms with Gasteiger partial charge in [-0.25, -0.2) is 0 Å². The molecule has 0 N–H and O–H groups in total. The maximum atomic E-state index is 2.50. The van der Waals surface area contributed by atoms with Gasteiger partial charge in [-0.2, -0.15) is 0 Å². The first-order chi connectivity index (χ1) is 25.1. The number of rotatable bonds is 5. The van der Waals surface area contributed by atoms with Crippen LogP contribution in [0.1, 0.15) is 25.0 Å². The van der Waals surface area contributed by atoms with E-state index in [2.05, 4.69) is 195 Å². The van der Waals surface area contributed by atoms with E-state index < -0.39 is 0 Å². The molecule has 0 aliphatic heterocycles. The zero-order valence-corrected chi connectivity index (χ0v) is 29.4. The lowest BCUT2D eigenvalue weighted by Crippen LogP contribution is -2.16. The molecular formula is C49H35NS. The van der Waals surface area contributed by atoms with Crippen LogP contribution in [0.3, 0.4) is 0 Å². The molecule has 0 atom stereocenters. The summed E-state index contributed by atoms with van der Waals surface area (Å²) in [6, 6.07) is 64.8. The first kappa shape index (κ1) is 29.9. The maximum absolute atomic E-state index is 2.50. The van der Waals surface area contributed by atoms with E-state index in [1.165, 1.54) is 81.1 Å². The van der Waals surface area contributed by atoms with Crippen LogP contribution in [0.25, 0.3) is 64.3 Å². The highest BCUT2D eigenvalue weighted by Gasteiger charge is 2.36. The topological polar surface area (TPSA) is 3.24 Å². The van der Waals surface area contributed by atoms with Gasteiger partial charge in [0.25, 0.3) is 0 Å². The molecule has 0 amide bonds. The van der Waals surface area contributed by atoms with Gasteiger partial charge in [0.2, 0.25) is 0 Å². The van der Waals surface area contributed by atoms with Crippen LogP contribution in [0.4, 0.5) is 17.1 Å². The van der Waals surface area contributed by atoms with Crippen LogP contribution in [-0.2, 0) is 5.41 Å². The highest BCUT2D eigenvalue weighted by Crippen LogP contribution is 2.53. The monoisotopic (exact) mass is 669 g/mol. The van der Waals surface area contributed by atoms with Gasteiger partial charge >= 0.3 is 0 Å². The van der Waals surface area contributed by atoms with Crippen LogP contribution >= 0.6 is 11.3 Å². The van der Waals surface area contributed by atoms with Gasteiger partial charge in [0.15, 0.2) is 0 Å². The summed E-state index contributed by atoms with van der Waals surface area (Å²) in [5, 5.41) is 5.14. The Balaban J connectivity index is 1.27. The van der Waals surface area contributed by atoms with E-state index in [-0.39, 0.29) is 5.41 Å². The van der Waals surface area contributed by atoms with Gasteiger partial charge in [-0.1, -0.05) is 153 Å². The standard InChI is InChI=1S/C49H35NS/c1-49(2)42-22-11-9-19-39(42)40-29-28-37(31-43(40)49)50(36-26-24-33(25-27-36)32-14-5-3-6-15-32)44-30-35-18-13-21-38(34-16-7-4-8-17-34)46(35)48-47(44)41-20-10-12-23-45(41)51-48/h3-31H,1-2H3. The van der Waals surface area contributed by atoms with Crippen molar-refractivity contribution in [3.63, 3.8) is 0 Å². The van der Waals surface area contributed by atoms with Crippen molar-refractivity contribution < 1.29 is 0 Å².